The molecule has 0 aliphatic heterocycles. The fourth-order valence-electron chi connectivity index (χ4n) is 1.89. The minimum Gasteiger partial charge on any atom is -0.399 e. The van der Waals surface area contributed by atoms with Gasteiger partial charge in [0, 0.05) is 17.3 Å². The smallest absolute Gasteiger partial charge is 0.272 e. The number of aryl methyl sites for hydroxylation is 3. The molecule has 0 saturated heterocycles. The number of nitrogens with zero attached hydrogens (tertiary/aromatic N) is 1. The fourth-order valence-corrected chi connectivity index (χ4v) is 1.89. The second-order valence-corrected chi connectivity index (χ2v) is 5.55. The van der Waals surface area contributed by atoms with E-state index in [1.807, 2.05) is 49.4 Å². The van der Waals surface area contributed by atoms with Gasteiger partial charge in [-0.15, -0.1) is 0 Å². The molecule has 0 aliphatic carbocycles. The van der Waals surface area contributed by atoms with E-state index in [1.54, 1.807) is 25.1 Å². The van der Waals surface area contributed by atoms with Crippen molar-refractivity contribution in [1.29, 1.82) is 0 Å². The standard InChI is InChI=1S/C7H7NO2.C7H9N.C7H8.CH4/c1-6-4-2-3-5-7(6)8(9)10;1-6-4-2-3-5-7(6)8;1-7-5-3-2-4-6-7;/h2-5H,1H3;2-5H,8H2,1H3;2-6H,1H3;1H4. The second-order valence-electron chi connectivity index (χ2n) is 5.55. The van der Waals surface area contributed by atoms with Gasteiger partial charge in [0.2, 0.25) is 0 Å². The lowest BCUT2D eigenvalue weighted by atomic mass is 10.2. The van der Waals surface area contributed by atoms with Gasteiger partial charge in [-0.25, -0.2) is 0 Å². The van der Waals surface area contributed by atoms with Crippen molar-refractivity contribution in [3.05, 3.63) is 106 Å². The maximum Gasteiger partial charge on any atom is 0.272 e. The minimum absolute atomic E-state index is 0. The molecule has 3 aromatic rings. The topological polar surface area (TPSA) is 69.2 Å². The van der Waals surface area contributed by atoms with Crippen LogP contribution in [0.4, 0.5) is 11.4 Å². The Kier molecular flexibility index (Phi) is 10.8. The number of nitro benzene ring substituents is 1. The first-order valence-electron chi connectivity index (χ1n) is 7.94. The molecule has 0 saturated carbocycles. The highest BCUT2D eigenvalue weighted by Gasteiger charge is 2.05. The lowest BCUT2D eigenvalue weighted by molar-refractivity contribution is -0.385. The molecule has 0 bridgehead atoms. The van der Waals surface area contributed by atoms with Crippen LogP contribution >= 0.6 is 0 Å². The summed E-state index contributed by atoms with van der Waals surface area (Å²) in [4.78, 5) is 9.85. The summed E-state index contributed by atoms with van der Waals surface area (Å²) in [5.41, 5.74) is 9.74. The zero-order valence-electron chi connectivity index (χ0n) is 14.8. The van der Waals surface area contributed by atoms with Crippen molar-refractivity contribution in [3.8, 4) is 0 Å². The molecular weight excluding hydrogens is 324 g/mol. The summed E-state index contributed by atoms with van der Waals surface area (Å²) in [6, 6.07) is 24.7. The Hall–Kier alpha value is -3.14. The molecule has 0 spiro atoms. The van der Waals surface area contributed by atoms with E-state index in [0.29, 0.717) is 5.56 Å². The highest BCUT2D eigenvalue weighted by molar-refractivity contribution is 5.45. The number of rotatable bonds is 1. The number of benzene rings is 3. The van der Waals surface area contributed by atoms with E-state index >= 15 is 0 Å². The molecule has 0 amide bonds. The lowest BCUT2D eigenvalue weighted by Crippen LogP contribution is -1.89. The zero-order valence-corrected chi connectivity index (χ0v) is 14.8. The van der Waals surface area contributed by atoms with Gasteiger partial charge in [-0.2, -0.15) is 0 Å². The van der Waals surface area contributed by atoms with Gasteiger partial charge in [0.15, 0.2) is 0 Å². The van der Waals surface area contributed by atoms with E-state index in [-0.39, 0.29) is 18.0 Å². The predicted octanol–water partition coefficient (Wildman–Crippen LogP) is 6.11. The van der Waals surface area contributed by atoms with Gasteiger partial charge in [0.25, 0.3) is 5.69 Å². The molecule has 0 aliphatic rings. The van der Waals surface area contributed by atoms with Gasteiger partial charge >= 0.3 is 0 Å². The van der Waals surface area contributed by atoms with E-state index in [0.717, 1.165) is 11.3 Å². The third kappa shape index (κ3) is 8.64. The van der Waals surface area contributed by atoms with Crippen LogP contribution in [0.1, 0.15) is 24.1 Å². The average molecular weight is 352 g/mol. The van der Waals surface area contributed by atoms with Crippen LogP contribution in [0.15, 0.2) is 78.9 Å². The molecule has 0 heterocycles. The first kappa shape index (κ1) is 22.9. The number of para-hydroxylation sites is 2. The number of nitrogens with two attached hydrogens (primary N) is 1. The lowest BCUT2D eigenvalue weighted by Gasteiger charge is -1.93. The van der Waals surface area contributed by atoms with Crippen molar-refractivity contribution in [2.24, 2.45) is 0 Å². The van der Waals surface area contributed by atoms with Crippen molar-refractivity contribution in [2.75, 3.05) is 5.73 Å². The van der Waals surface area contributed by atoms with Crippen LogP contribution in [0, 0.1) is 30.9 Å². The van der Waals surface area contributed by atoms with E-state index in [9.17, 15) is 10.1 Å². The largest absolute Gasteiger partial charge is 0.399 e. The number of hydrogen-bond acceptors (Lipinski definition) is 3. The number of hydrogen-bond donors (Lipinski definition) is 1. The fraction of sp³-hybridized carbons (Fsp3) is 0.182. The van der Waals surface area contributed by atoms with Crippen molar-refractivity contribution < 1.29 is 4.92 Å². The third-order valence-corrected chi connectivity index (χ3v) is 3.44. The Balaban J connectivity index is 0.000000359. The molecule has 26 heavy (non-hydrogen) atoms. The summed E-state index contributed by atoms with van der Waals surface area (Å²) < 4.78 is 0. The van der Waals surface area contributed by atoms with Crippen LogP contribution in [0.5, 0.6) is 0 Å². The molecule has 3 aromatic carbocycles. The Labute approximate surface area is 156 Å². The van der Waals surface area contributed by atoms with Crippen molar-refractivity contribution >= 4 is 11.4 Å². The van der Waals surface area contributed by atoms with E-state index in [4.69, 9.17) is 5.73 Å². The maximum atomic E-state index is 10.2. The summed E-state index contributed by atoms with van der Waals surface area (Å²) in [6.45, 7) is 5.80. The number of nitro groups is 1. The molecule has 0 unspecified atom stereocenters. The van der Waals surface area contributed by atoms with Gasteiger partial charge in [-0.1, -0.05) is 79.7 Å². The van der Waals surface area contributed by atoms with Crippen molar-refractivity contribution in [1.82, 2.24) is 0 Å². The molecule has 2 N–H and O–H groups in total. The maximum absolute atomic E-state index is 10.2. The summed E-state index contributed by atoms with van der Waals surface area (Å²) in [6.07, 6.45) is 0. The van der Waals surface area contributed by atoms with Crippen molar-refractivity contribution in [2.45, 2.75) is 28.2 Å². The molecule has 0 fully saturated rings. The molecule has 4 heteroatoms. The Bertz CT molecular complexity index is 766. The van der Waals surface area contributed by atoms with Crippen LogP contribution in [-0.4, -0.2) is 4.92 Å². The van der Waals surface area contributed by atoms with E-state index in [1.165, 1.54) is 11.6 Å². The van der Waals surface area contributed by atoms with Crippen LogP contribution in [0.25, 0.3) is 0 Å². The number of anilines is 1. The van der Waals surface area contributed by atoms with E-state index in [2.05, 4.69) is 19.1 Å². The Morgan fingerprint density at radius 2 is 1.19 bits per heavy atom. The highest BCUT2D eigenvalue weighted by Crippen LogP contribution is 2.14. The average Bonchev–Trinajstić information content (AvgIpc) is 2.60. The first-order valence-corrected chi connectivity index (χ1v) is 7.94. The third-order valence-electron chi connectivity index (χ3n) is 3.44. The summed E-state index contributed by atoms with van der Waals surface area (Å²) in [5.74, 6) is 0. The quantitative estimate of drug-likeness (QED) is 0.326. The van der Waals surface area contributed by atoms with Crippen LogP contribution < -0.4 is 5.73 Å². The first-order chi connectivity index (χ1) is 11.9. The molecule has 138 valence electrons. The Morgan fingerprint density at radius 1 is 0.731 bits per heavy atom. The second kappa shape index (κ2) is 12.3. The molecular formula is C22H28N2O2. The molecule has 0 radical (unpaired) electrons. The van der Waals surface area contributed by atoms with Gasteiger partial charge in [0.1, 0.15) is 0 Å². The van der Waals surface area contributed by atoms with E-state index < -0.39 is 0 Å². The summed E-state index contributed by atoms with van der Waals surface area (Å²) >= 11 is 0. The van der Waals surface area contributed by atoms with Crippen LogP contribution in [0.2, 0.25) is 0 Å². The zero-order chi connectivity index (χ0) is 18.7. The van der Waals surface area contributed by atoms with Gasteiger partial charge in [-0.05, 0) is 32.4 Å². The monoisotopic (exact) mass is 352 g/mol. The Morgan fingerprint density at radius 3 is 1.50 bits per heavy atom. The summed E-state index contributed by atoms with van der Waals surface area (Å²) in [7, 11) is 0. The highest BCUT2D eigenvalue weighted by atomic mass is 16.6. The summed E-state index contributed by atoms with van der Waals surface area (Å²) in [5, 5.41) is 10.2. The SMILES string of the molecule is C.Cc1ccccc1.Cc1ccccc1N.Cc1ccccc1[N+](=O)[O-]. The normalized spacial score (nSPS) is 8.73. The molecule has 4 nitrogen and oxygen atoms in total. The molecule has 3 rings (SSSR count). The minimum atomic E-state index is -0.380. The van der Waals surface area contributed by atoms with Crippen LogP contribution in [0.3, 0.4) is 0 Å². The predicted molar refractivity (Wildman–Crippen MR) is 111 cm³/mol. The molecule has 0 aromatic heterocycles. The van der Waals surface area contributed by atoms with Gasteiger partial charge in [0.05, 0.1) is 4.92 Å². The molecule has 0 atom stereocenters. The van der Waals surface area contributed by atoms with Crippen molar-refractivity contribution in [3.63, 3.8) is 0 Å². The van der Waals surface area contributed by atoms with Gasteiger partial charge < -0.3 is 5.73 Å². The van der Waals surface area contributed by atoms with Gasteiger partial charge in [-0.3, -0.25) is 10.1 Å². The number of nitrogen functional groups attached to an aromatic ring is 1. The van der Waals surface area contributed by atoms with Crippen LogP contribution in [-0.2, 0) is 0 Å².